The second-order valence-electron chi connectivity index (χ2n) is 10.3. The van der Waals surface area contributed by atoms with Crippen molar-refractivity contribution in [3.63, 3.8) is 0 Å². The van der Waals surface area contributed by atoms with E-state index < -0.39 is 13.2 Å². The Hall–Kier alpha value is -1.81. The lowest BCUT2D eigenvalue weighted by atomic mass is 9.75. The first kappa shape index (κ1) is 25.8. The lowest BCUT2D eigenvalue weighted by Gasteiger charge is -2.40. The van der Waals surface area contributed by atoms with Crippen LogP contribution in [0.4, 0.5) is 11.4 Å². The van der Waals surface area contributed by atoms with Crippen molar-refractivity contribution in [1.29, 1.82) is 0 Å². The number of benzene rings is 2. The fraction of sp³-hybridized carbons (Fsp3) is 0.556. The Morgan fingerprint density at radius 3 is 1.91 bits per heavy atom. The molecule has 1 saturated carbocycles. The summed E-state index contributed by atoms with van der Waals surface area (Å²) in [5, 5.41) is 12.1. The molecule has 0 amide bonds. The maximum Gasteiger partial charge on any atom is 0.264 e. The van der Waals surface area contributed by atoms with Crippen LogP contribution in [0.5, 0.6) is 0 Å². The third-order valence-electron chi connectivity index (χ3n) is 7.01. The van der Waals surface area contributed by atoms with Gasteiger partial charge in [0.25, 0.3) is 7.37 Å². The predicted octanol–water partition coefficient (Wildman–Crippen LogP) is 5.89. The third kappa shape index (κ3) is 5.82. The number of hydrogen-bond donors (Lipinski definition) is 1. The van der Waals surface area contributed by atoms with Crippen molar-refractivity contribution in [2.75, 3.05) is 38.0 Å². The molecule has 5 atom stereocenters. The molecular formula is C27H41N2O3P. The molecule has 0 unspecified atom stereocenters. The Labute approximate surface area is 200 Å². The highest BCUT2D eigenvalue weighted by Gasteiger charge is 2.42. The van der Waals surface area contributed by atoms with Gasteiger partial charge in [-0.25, -0.2) is 0 Å². The van der Waals surface area contributed by atoms with E-state index in [2.05, 4.69) is 20.8 Å². The zero-order valence-corrected chi connectivity index (χ0v) is 22.1. The van der Waals surface area contributed by atoms with Gasteiger partial charge in [-0.1, -0.05) is 39.3 Å². The van der Waals surface area contributed by atoms with Crippen molar-refractivity contribution in [1.82, 2.24) is 0 Å². The monoisotopic (exact) mass is 472 g/mol. The first-order valence-corrected chi connectivity index (χ1v) is 13.7. The molecular weight excluding hydrogens is 431 g/mol. The molecule has 1 aliphatic carbocycles. The molecule has 5 nitrogen and oxygen atoms in total. The zero-order chi connectivity index (χ0) is 24.3. The van der Waals surface area contributed by atoms with E-state index in [1.54, 1.807) is 0 Å². The highest BCUT2D eigenvalue weighted by Crippen LogP contribution is 2.60. The minimum atomic E-state index is -3.62. The van der Waals surface area contributed by atoms with E-state index in [-0.39, 0.29) is 6.10 Å². The fourth-order valence-corrected chi connectivity index (χ4v) is 7.09. The smallest absolute Gasteiger partial charge is 0.264 e. The minimum Gasteiger partial charge on any atom is -0.378 e. The van der Waals surface area contributed by atoms with Crippen LogP contribution in [0, 0.1) is 17.8 Å². The highest BCUT2D eigenvalue weighted by atomic mass is 31.2. The van der Waals surface area contributed by atoms with Crippen LogP contribution >= 0.6 is 7.37 Å². The molecule has 0 heterocycles. The molecule has 3 rings (SSSR count). The van der Waals surface area contributed by atoms with Crippen LogP contribution in [-0.2, 0) is 9.09 Å². The van der Waals surface area contributed by atoms with Crippen LogP contribution < -0.4 is 15.1 Å². The summed E-state index contributed by atoms with van der Waals surface area (Å²) in [5.74, 6) is 0.0672. The number of aliphatic hydroxyl groups excluding tert-OH is 1. The molecule has 6 heteroatoms. The van der Waals surface area contributed by atoms with E-state index in [1.165, 1.54) is 6.42 Å². The van der Waals surface area contributed by atoms with Crippen molar-refractivity contribution in [3.8, 4) is 0 Å². The molecule has 1 aliphatic rings. The minimum absolute atomic E-state index is 0.135. The summed E-state index contributed by atoms with van der Waals surface area (Å²) in [6, 6.07) is 15.2. The van der Waals surface area contributed by atoms with Crippen molar-refractivity contribution in [2.24, 2.45) is 17.8 Å². The quantitative estimate of drug-likeness (QED) is 0.486. The normalized spacial score (nSPS) is 23.7. The van der Waals surface area contributed by atoms with Gasteiger partial charge in [0.15, 0.2) is 5.85 Å². The Morgan fingerprint density at radius 2 is 1.42 bits per heavy atom. The largest absolute Gasteiger partial charge is 0.378 e. The topological polar surface area (TPSA) is 53.0 Å². The molecule has 1 N–H and O–H groups in total. The average molecular weight is 473 g/mol. The number of nitrogens with zero attached hydrogens (tertiary/aromatic N) is 2. The second kappa shape index (κ2) is 10.6. The Balaban J connectivity index is 2.02. The summed E-state index contributed by atoms with van der Waals surface area (Å²) < 4.78 is 21.2. The standard InChI is InChI=1S/C27H41N2O3P/c1-19(2)25-17-8-20(3)18-26(25)32-33(31,24-15-13-23(14-16-24)29(6)7)27(30)21-9-11-22(12-10-21)28(4)5/h9-16,19-20,25-27,30H,8,17-18H2,1-7H3/t20-,25-,26-,27+,33-/m1/s1. The lowest BCUT2D eigenvalue weighted by molar-refractivity contribution is 0.0427. The maximum absolute atomic E-state index is 14.7. The summed E-state index contributed by atoms with van der Waals surface area (Å²) in [4.78, 5) is 4.01. The summed E-state index contributed by atoms with van der Waals surface area (Å²) in [6.45, 7) is 6.66. The molecule has 2 aromatic rings. The van der Waals surface area contributed by atoms with Gasteiger partial charge in [0.05, 0.1) is 6.10 Å². The molecule has 1 fully saturated rings. The van der Waals surface area contributed by atoms with Gasteiger partial charge < -0.3 is 19.4 Å². The van der Waals surface area contributed by atoms with Crippen LogP contribution in [0.2, 0.25) is 0 Å². The van der Waals surface area contributed by atoms with Crippen molar-refractivity contribution < 1.29 is 14.2 Å². The predicted molar refractivity (Wildman–Crippen MR) is 140 cm³/mol. The molecule has 2 aromatic carbocycles. The van der Waals surface area contributed by atoms with E-state index in [9.17, 15) is 9.67 Å². The van der Waals surface area contributed by atoms with Crippen LogP contribution in [0.15, 0.2) is 48.5 Å². The fourth-order valence-electron chi connectivity index (χ4n) is 4.80. The van der Waals surface area contributed by atoms with Gasteiger partial charge in [0, 0.05) is 44.9 Å². The molecule has 0 saturated heterocycles. The van der Waals surface area contributed by atoms with Crippen LogP contribution in [0.25, 0.3) is 0 Å². The molecule has 0 spiro atoms. The zero-order valence-electron chi connectivity index (χ0n) is 21.2. The van der Waals surface area contributed by atoms with E-state index in [4.69, 9.17) is 4.52 Å². The van der Waals surface area contributed by atoms with Crippen molar-refractivity contribution in [2.45, 2.75) is 52.0 Å². The maximum atomic E-state index is 14.7. The highest BCUT2D eigenvalue weighted by molar-refractivity contribution is 7.67. The van der Waals surface area contributed by atoms with Crippen LogP contribution in [0.1, 0.15) is 51.4 Å². The number of hydrogen-bond acceptors (Lipinski definition) is 5. The SMILES string of the molecule is CC(C)[C@H]1CC[C@@H](C)C[C@H]1O[P@](=O)(c1ccc(N(C)C)cc1)[C@H](O)c1ccc(N(C)C)cc1. The van der Waals surface area contributed by atoms with E-state index in [0.717, 1.165) is 24.2 Å². The van der Waals surface area contributed by atoms with Gasteiger partial charge in [-0.2, -0.15) is 0 Å². The van der Waals surface area contributed by atoms with E-state index >= 15 is 0 Å². The summed E-state index contributed by atoms with van der Waals surface area (Å²) in [6.07, 6.45) is 2.97. The van der Waals surface area contributed by atoms with Gasteiger partial charge in [-0.3, -0.25) is 4.57 Å². The molecule has 0 aromatic heterocycles. The van der Waals surface area contributed by atoms with Gasteiger partial charge in [0.2, 0.25) is 0 Å². The van der Waals surface area contributed by atoms with Gasteiger partial charge in [-0.15, -0.1) is 0 Å². The molecule has 33 heavy (non-hydrogen) atoms. The first-order valence-electron chi connectivity index (χ1n) is 12.0. The van der Waals surface area contributed by atoms with Gasteiger partial charge in [0.1, 0.15) is 0 Å². The molecule has 0 radical (unpaired) electrons. The van der Waals surface area contributed by atoms with Gasteiger partial charge in [-0.05, 0) is 72.6 Å². The number of anilines is 2. The van der Waals surface area contributed by atoms with E-state index in [1.807, 2.05) is 86.5 Å². The number of rotatable bonds is 8. The number of aliphatic hydroxyl groups is 1. The van der Waals surface area contributed by atoms with Crippen LogP contribution in [-0.4, -0.2) is 39.4 Å². The van der Waals surface area contributed by atoms with Gasteiger partial charge >= 0.3 is 0 Å². The van der Waals surface area contributed by atoms with Crippen molar-refractivity contribution in [3.05, 3.63) is 54.1 Å². The van der Waals surface area contributed by atoms with Crippen molar-refractivity contribution >= 4 is 24.0 Å². The Kier molecular flexibility index (Phi) is 8.31. The van der Waals surface area contributed by atoms with E-state index in [0.29, 0.717) is 28.6 Å². The first-order chi connectivity index (χ1) is 15.5. The summed E-state index contributed by atoms with van der Waals surface area (Å²) >= 11 is 0. The molecule has 0 aliphatic heterocycles. The molecule has 182 valence electrons. The summed E-state index contributed by atoms with van der Waals surface area (Å²) in [5.41, 5.74) is 2.66. The Bertz CT molecular complexity index is 941. The Morgan fingerprint density at radius 1 is 0.909 bits per heavy atom. The second-order valence-corrected chi connectivity index (χ2v) is 12.7. The average Bonchev–Trinajstić information content (AvgIpc) is 2.78. The third-order valence-corrected chi connectivity index (χ3v) is 9.55. The molecule has 0 bridgehead atoms. The van der Waals surface area contributed by atoms with Crippen LogP contribution in [0.3, 0.4) is 0 Å². The summed E-state index contributed by atoms with van der Waals surface area (Å²) in [7, 11) is 4.28. The lowest BCUT2D eigenvalue weighted by Crippen LogP contribution is -2.35.